The van der Waals surface area contributed by atoms with E-state index in [9.17, 15) is 0 Å². The average molecular weight is 155 g/mol. The fraction of sp³-hybridized carbons (Fsp3) is 0.500. The van der Waals surface area contributed by atoms with Crippen molar-refractivity contribution in [3.63, 3.8) is 0 Å². The van der Waals surface area contributed by atoms with Crippen LogP contribution in [0.2, 0.25) is 0 Å². The second kappa shape index (κ2) is 3.15. The van der Waals surface area contributed by atoms with Gasteiger partial charge >= 0.3 is 0 Å². The van der Waals surface area contributed by atoms with Crippen LogP contribution in [0, 0.1) is 0 Å². The molecule has 0 saturated heterocycles. The molecule has 0 aromatic rings. The van der Waals surface area contributed by atoms with E-state index < -0.39 is 0 Å². The predicted molar refractivity (Wildman–Crippen MR) is 47.5 cm³/mol. The third kappa shape index (κ3) is 1.57. The lowest BCUT2D eigenvalue weighted by atomic mass is 10.3. The van der Waals surface area contributed by atoms with E-state index in [2.05, 4.69) is 25.7 Å². The molecule has 0 spiro atoms. The molecule has 2 heteroatoms. The van der Waals surface area contributed by atoms with Crippen LogP contribution < -0.4 is 5.32 Å². The molecule has 0 radical (unpaired) electrons. The molecule has 0 aromatic carbocycles. The van der Waals surface area contributed by atoms with Crippen molar-refractivity contribution < 1.29 is 0 Å². The lowest BCUT2D eigenvalue weighted by Gasteiger charge is -1.95. The lowest BCUT2D eigenvalue weighted by molar-refractivity contribution is 0.921. The highest BCUT2D eigenvalue weighted by Gasteiger charge is 2.12. The molecule has 0 fully saturated rings. The highest BCUT2D eigenvalue weighted by Crippen LogP contribution is 2.34. The van der Waals surface area contributed by atoms with Gasteiger partial charge in [0.1, 0.15) is 0 Å². The van der Waals surface area contributed by atoms with Gasteiger partial charge in [-0.3, -0.25) is 0 Å². The summed E-state index contributed by atoms with van der Waals surface area (Å²) in [6.45, 7) is 8.15. The molecule has 0 bridgehead atoms. The number of thioether (sulfide) groups is 1. The van der Waals surface area contributed by atoms with E-state index in [1.165, 1.54) is 23.4 Å². The van der Waals surface area contributed by atoms with Gasteiger partial charge in [-0.05, 0) is 13.3 Å². The van der Waals surface area contributed by atoms with Crippen molar-refractivity contribution in [3.05, 3.63) is 22.2 Å². The van der Waals surface area contributed by atoms with Crippen molar-refractivity contribution in [3.8, 4) is 0 Å². The zero-order valence-corrected chi connectivity index (χ0v) is 7.35. The smallest absolute Gasteiger partial charge is 0.0695 e. The number of allylic oxidation sites excluding steroid dienone is 2. The summed E-state index contributed by atoms with van der Waals surface area (Å²) in [6, 6.07) is 0. The number of nitrogens with one attached hydrogen (secondary N) is 1. The van der Waals surface area contributed by atoms with Gasteiger partial charge in [-0.2, -0.15) is 0 Å². The second-order valence-electron chi connectivity index (χ2n) is 2.45. The Hall–Kier alpha value is -0.370. The molecule has 0 unspecified atom stereocenters. The Kier molecular flexibility index (Phi) is 2.44. The maximum atomic E-state index is 3.85. The summed E-state index contributed by atoms with van der Waals surface area (Å²) >= 11 is 1.77. The summed E-state index contributed by atoms with van der Waals surface area (Å²) in [5, 5.41) is 4.27. The Morgan fingerprint density at radius 2 is 2.30 bits per heavy atom. The summed E-state index contributed by atoms with van der Waals surface area (Å²) in [5.74, 6) is 0. The molecule has 10 heavy (non-hydrogen) atoms. The minimum absolute atomic E-state index is 1.07. The maximum Gasteiger partial charge on any atom is 0.0695 e. The molecular formula is C8H13NS. The van der Waals surface area contributed by atoms with E-state index >= 15 is 0 Å². The molecule has 1 aliphatic heterocycles. The third-order valence-electron chi connectivity index (χ3n) is 1.47. The van der Waals surface area contributed by atoms with Crippen molar-refractivity contribution in [1.82, 2.24) is 5.32 Å². The topological polar surface area (TPSA) is 12.0 Å². The van der Waals surface area contributed by atoms with E-state index in [1.807, 2.05) is 0 Å². The molecule has 1 aliphatic rings. The molecule has 1 nitrogen and oxygen atoms in total. The van der Waals surface area contributed by atoms with Gasteiger partial charge in [-0.25, -0.2) is 0 Å². The first-order valence-corrected chi connectivity index (χ1v) is 4.39. The first-order chi connectivity index (χ1) is 4.74. The number of hydrogen-bond acceptors (Lipinski definition) is 2. The van der Waals surface area contributed by atoms with Gasteiger partial charge < -0.3 is 5.32 Å². The molecule has 56 valence electrons. The molecule has 0 aromatic heterocycles. The van der Waals surface area contributed by atoms with Crippen molar-refractivity contribution in [1.29, 1.82) is 0 Å². The summed E-state index contributed by atoms with van der Waals surface area (Å²) in [6.07, 6.45) is 2.40. The molecule has 0 aliphatic carbocycles. The Bertz CT molecular complexity index is 182. The normalized spacial score (nSPS) is 18.0. The van der Waals surface area contributed by atoms with Gasteiger partial charge in [0.05, 0.1) is 5.03 Å². The first-order valence-electron chi connectivity index (χ1n) is 3.57. The van der Waals surface area contributed by atoms with E-state index in [0.717, 1.165) is 5.03 Å². The van der Waals surface area contributed by atoms with Gasteiger partial charge in [0.2, 0.25) is 0 Å². The van der Waals surface area contributed by atoms with Crippen LogP contribution in [0.25, 0.3) is 0 Å². The van der Waals surface area contributed by atoms with E-state index in [-0.39, 0.29) is 0 Å². The SMILES string of the molecule is C=C1NC(C)=C(CCC)S1. The second-order valence-corrected chi connectivity index (χ2v) is 3.64. The predicted octanol–water partition coefficient (Wildman–Crippen LogP) is 2.83. The van der Waals surface area contributed by atoms with E-state index in [0.29, 0.717) is 0 Å². The first kappa shape index (κ1) is 7.73. The Labute approximate surface area is 66.6 Å². The molecule has 0 atom stereocenters. The maximum absolute atomic E-state index is 3.85. The van der Waals surface area contributed by atoms with Crippen LogP contribution in [0.5, 0.6) is 0 Å². The quantitative estimate of drug-likeness (QED) is 0.658. The van der Waals surface area contributed by atoms with Crippen molar-refractivity contribution in [2.75, 3.05) is 0 Å². The molecule has 0 amide bonds. The summed E-state index contributed by atoms with van der Waals surface area (Å²) < 4.78 is 0. The van der Waals surface area contributed by atoms with Gasteiger partial charge in [0.15, 0.2) is 0 Å². The minimum Gasteiger partial charge on any atom is -0.353 e. The third-order valence-corrected chi connectivity index (χ3v) is 2.57. The monoisotopic (exact) mass is 155 g/mol. The molecule has 1 heterocycles. The largest absolute Gasteiger partial charge is 0.353 e. The van der Waals surface area contributed by atoms with Crippen LogP contribution in [0.1, 0.15) is 26.7 Å². The molecular weight excluding hydrogens is 142 g/mol. The van der Waals surface area contributed by atoms with Crippen molar-refractivity contribution >= 4 is 11.8 Å². The number of rotatable bonds is 2. The lowest BCUT2D eigenvalue weighted by Crippen LogP contribution is -1.99. The van der Waals surface area contributed by atoms with Crippen LogP contribution >= 0.6 is 11.8 Å². The summed E-state index contributed by atoms with van der Waals surface area (Å²) in [4.78, 5) is 1.45. The Balaban J connectivity index is 2.57. The van der Waals surface area contributed by atoms with E-state index in [4.69, 9.17) is 0 Å². The van der Waals surface area contributed by atoms with Crippen LogP contribution in [-0.4, -0.2) is 0 Å². The van der Waals surface area contributed by atoms with Crippen LogP contribution in [0.4, 0.5) is 0 Å². The highest BCUT2D eigenvalue weighted by molar-refractivity contribution is 8.06. The summed E-state index contributed by atoms with van der Waals surface area (Å²) in [7, 11) is 0. The van der Waals surface area contributed by atoms with Crippen LogP contribution in [-0.2, 0) is 0 Å². The zero-order valence-electron chi connectivity index (χ0n) is 6.53. The van der Waals surface area contributed by atoms with Gasteiger partial charge in [0, 0.05) is 10.6 Å². The molecule has 0 saturated carbocycles. The molecule has 1 N–H and O–H groups in total. The highest BCUT2D eigenvalue weighted by atomic mass is 32.2. The fourth-order valence-corrected chi connectivity index (χ4v) is 2.01. The fourth-order valence-electron chi connectivity index (χ4n) is 0.995. The van der Waals surface area contributed by atoms with E-state index in [1.54, 1.807) is 11.8 Å². The summed E-state index contributed by atoms with van der Waals surface area (Å²) in [5.41, 5.74) is 1.29. The van der Waals surface area contributed by atoms with Gasteiger partial charge in [0.25, 0.3) is 0 Å². The molecule has 1 rings (SSSR count). The minimum atomic E-state index is 1.07. The Morgan fingerprint density at radius 1 is 1.60 bits per heavy atom. The van der Waals surface area contributed by atoms with Gasteiger partial charge in [-0.1, -0.05) is 31.7 Å². The standard InChI is InChI=1S/C8H13NS/c1-4-5-8-6(2)9-7(3)10-8/h9H,3-5H2,1-2H3. The van der Waals surface area contributed by atoms with Crippen molar-refractivity contribution in [2.45, 2.75) is 26.7 Å². The number of hydrogen-bond donors (Lipinski definition) is 1. The Morgan fingerprint density at radius 3 is 2.70 bits per heavy atom. The van der Waals surface area contributed by atoms with Crippen LogP contribution in [0.15, 0.2) is 22.2 Å². The van der Waals surface area contributed by atoms with Crippen LogP contribution in [0.3, 0.4) is 0 Å². The zero-order chi connectivity index (χ0) is 7.56. The average Bonchev–Trinajstić information content (AvgIpc) is 2.13. The van der Waals surface area contributed by atoms with Crippen molar-refractivity contribution in [2.24, 2.45) is 0 Å². The van der Waals surface area contributed by atoms with Gasteiger partial charge in [-0.15, -0.1) is 0 Å².